The fourth-order valence-corrected chi connectivity index (χ4v) is 4.19. The zero-order valence-electron chi connectivity index (χ0n) is 12.7. The molecule has 21 heavy (non-hydrogen) atoms. The smallest absolute Gasteiger partial charge is 0.234 e. The van der Waals surface area contributed by atoms with E-state index in [1.807, 2.05) is 0 Å². The number of likely N-dealkylation sites (N-methyl/N-ethyl adjacent to an activating group) is 1. The second-order valence-corrected chi connectivity index (χ2v) is 6.96. The van der Waals surface area contributed by atoms with E-state index < -0.39 is 0 Å². The number of carbonyl (C=O) groups is 1. The SMILES string of the molecule is CN1CCC2(C)CC1[C@@H](CNC(=O)CCl)c1ccccc12. The van der Waals surface area contributed by atoms with Gasteiger partial charge in [0.1, 0.15) is 5.88 Å². The van der Waals surface area contributed by atoms with Gasteiger partial charge in [-0.15, -0.1) is 11.6 Å². The minimum Gasteiger partial charge on any atom is -0.354 e. The highest BCUT2D eigenvalue weighted by Gasteiger charge is 2.46. The number of nitrogens with zero attached hydrogens (tertiary/aromatic N) is 1. The molecule has 0 saturated carbocycles. The summed E-state index contributed by atoms with van der Waals surface area (Å²) in [5.41, 5.74) is 3.15. The number of nitrogens with one attached hydrogen (secondary N) is 1. The lowest BCUT2D eigenvalue weighted by Crippen LogP contribution is -2.54. The van der Waals surface area contributed by atoms with Crippen molar-refractivity contribution in [3.8, 4) is 0 Å². The highest BCUT2D eigenvalue weighted by Crippen LogP contribution is 2.48. The maximum atomic E-state index is 11.5. The summed E-state index contributed by atoms with van der Waals surface area (Å²) in [6.45, 7) is 4.18. The number of piperidine rings is 1. The lowest BCUT2D eigenvalue weighted by atomic mass is 9.61. The number of benzene rings is 1. The molecule has 0 radical (unpaired) electrons. The van der Waals surface area contributed by atoms with Crippen LogP contribution in [0.4, 0.5) is 0 Å². The van der Waals surface area contributed by atoms with Gasteiger partial charge in [-0.2, -0.15) is 0 Å². The summed E-state index contributed by atoms with van der Waals surface area (Å²) in [5.74, 6) is 0.305. The number of halogens is 1. The molecule has 0 aromatic heterocycles. The minimum atomic E-state index is -0.0825. The van der Waals surface area contributed by atoms with E-state index in [0.29, 0.717) is 18.5 Å². The first-order valence-electron chi connectivity index (χ1n) is 7.67. The van der Waals surface area contributed by atoms with E-state index in [-0.39, 0.29) is 17.2 Å². The quantitative estimate of drug-likeness (QED) is 0.870. The average molecular weight is 307 g/mol. The summed E-state index contributed by atoms with van der Waals surface area (Å²) in [6, 6.07) is 9.25. The standard InChI is InChI=1S/C17H23ClN2O/c1-17-7-8-20(2)15(9-17)13(11-19-16(21)10-18)12-5-3-4-6-14(12)17/h3-6,13,15H,7-11H2,1-2H3,(H,19,21)/t13-,15?,17?/m0/s1. The third-order valence-electron chi connectivity index (χ3n) is 5.36. The van der Waals surface area contributed by atoms with Crippen LogP contribution in [0.5, 0.6) is 0 Å². The Bertz CT molecular complexity index is 547. The number of likely N-dealkylation sites (tertiary alicyclic amines) is 1. The van der Waals surface area contributed by atoms with Gasteiger partial charge in [-0.3, -0.25) is 4.79 Å². The molecule has 4 heteroatoms. The second kappa shape index (κ2) is 5.62. The van der Waals surface area contributed by atoms with Gasteiger partial charge in [-0.1, -0.05) is 31.2 Å². The monoisotopic (exact) mass is 306 g/mol. The number of carbonyl (C=O) groups excluding carboxylic acids is 1. The van der Waals surface area contributed by atoms with Crippen LogP contribution in [0.1, 0.15) is 36.8 Å². The lowest BCUT2D eigenvalue weighted by Gasteiger charge is -2.52. The number of hydrogen-bond acceptors (Lipinski definition) is 2. The van der Waals surface area contributed by atoms with E-state index in [0.717, 1.165) is 6.54 Å². The maximum Gasteiger partial charge on any atom is 0.234 e. The number of alkyl halides is 1. The van der Waals surface area contributed by atoms with Crippen LogP contribution in [-0.4, -0.2) is 42.9 Å². The highest BCUT2D eigenvalue weighted by atomic mass is 35.5. The zero-order chi connectivity index (χ0) is 15.0. The minimum absolute atomic E-state index is 0.0343. The molecule has 0 spiro atoms. The van der Waals surface area contributed by atoms with Crippen LogP contribution in [0.3, 0.4) is 0 Å². The highest BCUT2D eigenvalue weighted by molar-refractivity contribution is 6.27. The topological polar surface area (TPSA) is 32.3 Å². The Balaban J connectivity index is 1.95. The Morgan fingerprint density at radius 3 is 3.00 bits per heavy atom. The molecular weight excluding hydrogens is 284 g/mol. The third kappa shape index (κ3) is 2.58. The number of fused-ring (bicyclic) bond motifs is 4. The van der Waals surface area contributed by atoms with Crippen LogP contribution in [0, 0.1) is 0 Å². The lowest BCUT2D eigenvalue weighted by molar-refractivity contribution is -0.118. The molecule has 3 rings (SSSR count). The van der Waals surface area contributed by atoms with E-state index in [2.05, 4.69) is 48.5 Å². The molecule has 1 aromatic rings. The van der Waals surface area contributed by atoms with Gasteiger partial charge < -0.3 is 10.2 Å². The van der Waals surface area contributed by atoms with Gasteiger partial charge in [-0.05, 0) is 43.0 Å². The van der Waals surface area contributed by atoms with E-state index >= 15 is 0 Å². The zero-order valence-corrected chi connectivity index (χ0v) is 13.5. The Kier molecular flexibility index (Phi) is 3.98. The molecule has 2 bridgehead atoms. The molecular formula is C17H23ClN2O. The molecule has 1 aromatic carbocycles. The van der Waals surface area contributed by atoms with Crippen molar-refractivity contribution in [3.63, 3.8) is 0 Å². The summed E-state index contributed by atoms with van der Waals surface area (Å²) >= 11 is 5.60. The summed E-state index contributed by atoms with van der Waals surface area (Å²) in [5, 5.41) is 2.98. The molecule has 114 valence electrons. The van der Waals surface area contributed by atoms with Crippen LogP contribution < -0.4 is 5.32 Å². The fourth-order valence-electron chi connectivity index (χ4n) is 4.10. The normalized spacial score (nSPS) is 31.6. The van der Waals surface area contributed by atoms with Crippen LogP contribution in [-0.2, 0) is 10.2 Å². The van der Waals surface area contributed by atoms with Gasteiger partial charge in [0.2, 0.25) is 5.91 Å². The van der Waals surface area contributed by atoms with Crippen molar-refractivity contribution in [3.05, 3.63) is 35.4 Å². The fraction of sp³-hybridized carbons (Fsp3) is 0.588. The van der Waals surface area contributed by atoms with Crippen LogP contribution in [0.25, 0.3) is 0 Å². The Hall–Kier alpha value is -1.06. The molecule has 1 aliphatic carbocycles. The second-order valence-electron chi connectivity index (χ2n) is 6.69. The van der Waals surface area contributed by atoms with Crippen LogP contribution in [0.15, 0.2) is 24.3 Å². The summed E-state index contributed by atoms with van der Waals surface area (Å²) in [4.78, 5) is 14.0. The van der Waals surface area contributed by atoms with Crippen molar-refractivity contribution < 1.29 is 4.79 Å². The third-order valence-corrected chi connectivity index (χ3v) is 5.60. The molecule has 1 fully saturated rings. The molecule has 3 nitrogen and oxygen atoms in total. The predicted molar refractivity (Wildman–Crippen MR) is 85.9 cm³/mol. The Morgan fingerprint density at radius 2 is 2.24 bits per heavy atom. The van der Waals surface area contributed by atoms with Crippen molar-refractivity contribution in [1.29, 1.82) is 0 Å². The molecule has 1 saturated heterocycles. The van der Waals surface area contributed by atoms with Gasteiger partial charge in [0.25, 0.3) is 0 Å². The molecule has 1 heterocycles. The first-order valence-corrected chi connectivity index (χ1v) is 8.21. The van der Waals surface area contributed by atoms with Crippen molar-refractivity contribution in [2.24, 2.45) is 0 Å². The summed E-state index contributed by atoms with van der Waals surface area (Å²) in [7, 11) is 2.20. The molecule has 3 atom stereocenters. The number of rotatable bonds is 3. The van der Waals surface area contributed by atoms with Crippen molar-refractivity contribution in [1.82, 2.24) is 10.2 Å². The summed E-state index contributed by atoms with van der Waals surface area (Å²) < 4.78 is 0. The van der Waals surface area contributed by atoms with E-state index in [1.165, 1.54) is 24.0 Å². The molecule has 1 amide bonds. The first-order chi connectivity index (χ1) is 10.0. The van der Waals surface area contributed by atoms with E-state index in [9.17, 15) is 4.79 Å². The van der Waals surface area contributed by atoms with Crippen molar-refractivity contribution in [2.75, 3.05) is 26.0 Å². The largest absolute Gasteiger partial charge is 0.354 e. The van der Waals surface area contributed by atoms with E-state index in [1.54, 1.807) is 0 Å². The van der Waals surface area contributed by atoms with Gasteiger partial charge >= 0.3 is 0 Å². The van der Waals surface area contributed by atoms with Gasteiger partial charge in [0.05, 0.1) is 0 Å². The van der Waals surface area contributed by atoms with Crippen LogP contribution >= 0.6 is 11.6 Å². The Labute approximate surface area is 131 Å². The van der Waals surface area contributed by atoms with Crippen LogP contribution in [0.2, 0.25) is 0 Å². The maximum absolute atomic E-state index is 11.5. The predicted octanol–water partition coefficient (Wildman–Crippen LogP) is 2.49. The average Bonchev–Trinajstić information content (AvgIpc) is 2.50. The molecule has 2 unspecified atom stereocenters. The van der Waals surface area contributed by atoms with Gasteiger partial charge in [-0.25, -0.2) is 0 Å². The Morgan fingerprint density at radius 1 is 1.48 bits per heavy atom. The van der Waals surface area contributed by atoms with E-state index in [4.69, 9.17) is 11.6 Å². The molecule has 2 aliphatic rings. The first kappa shape index (κ1) is 14.9. The molecule has 1 N–H and O–H groups in total. The van der Waals surface area contributed by atoms with Gasteiger partial charge in [0, 0.05) is 18.5 Å². The number of hydrogen-bond donors (Lipinski definition) is 1. The van der Waals surface area contributed by atoms with Gasteiger partial charge in [0.15, 0.2) is 0 Å². The van der Waals surface area contributed by atoms with Crippen molar-refractivity contribution >= 4 is 17.5 Å². The van der Waals surface area contributed by atoms with Crippen molar-refractivity contribution in [2.45, 2.75) is 37.1 Å². The molecule has 1 aliphatic heterocycles. The number of amides is 1. The summed E-state index contributed by atoms with van der Waals surface area (Å²) in [6.07, 6.45) is 2.37.